The summed E-state index contributed by atoms with van der Waals surface area (Å²) in [5, 5.41) is 9.13. The molecule has 0 bridgehead atoms. The molecule has 0 spiro atoms. The summed E-state index contributed by atoms with van der Waals surface area (Å²) in [6.07, 6.45) is 2.80. The summed E-state index contributed by atoms with van der Waals surface area (Å²) in [5.41, 5.74) is 1.64. The topological polar surface area (TPSA) is 44.1 Å². The summed E-state index contributed by atoms with van der Waals surface area (Å²) in [7, 11) is 0. The molecule has 94 valence electrons. The molecule has 0 aliphatic carbocycles. The maximum atomic E-state index is 12.5. The number of carbonyl (C=O) groups is 1. The third kappa shape index (κ3) is 2.56. The van der Waals surface area contributed by atoms with Crippen LogP contribution in [0.1, 0.15) is 35.2 Å². The van der Waals surface area contributed by atoms with Crippen LogP contribution in [0, 0.1) is 18.3 Å². The Labute approximate surface area is 116 Å². The third-order valence-electron chi connectivity index (χ3n) is 3.34. The molecule has 0 aromatic heterocycles. The predicted molar refractivity (Wildman–Crippen MR) is 73.2 cm³/mol. The number of aryl methyl sites for hydroxylation is 1. The van der Waals surface area contributed by atoms with Gasteiger partial charge in [0.2, 0.25) is 0 Å². The molecule has 18 heavy (non-hydrogen) atoms. The second-order valence-corrected chi connectivity index (χ2v) is 5.51. The van der Waals surface area contributed by atoms with Crippen LogP contribution >= 0.6 is 15.9 Å². The molecular formula is C14H15BrN2O. The van der Waals surface area contributed by atoms with Crippen LogP contribution in [0.2, 0.25) is 0 Å². The van der Waals surface area contributed by atoms with Crippen LogP contribution in [-0.2, 0) is 0 Å². The summed E-state index contributed by atoms with van der Waals surface area (Å²) >= 11 is 3.39. The van der Waals surface area contributed by atoms with Gasteiger partial charge in [0, 0.05) is 16.6 Å². The maximum absolute atomic E-state index is 12.5. The highest BCUT2D eigenvalue weighted by atomic mass is 79.9. The van der Waals surface area contributed by atoms with Crippen molar-refractivity contribution in [2.45, 2.75) is 32.2 Å². The van der Waals surface area contributed by atoms with Gasteiger partial charge in [0.25, 0.3) is 5.91 Å². The Morgan fingerprint density at radius 1 is 1.50 bits per heavy atom. The SMILES string of the molecule is Cc1ccc(Br)cc1C(=O)N1CCCCC1C#N. The summed E-state index contributed by atoms with van der Waals surface area (Å²) in [4.78, 5) is 14.2. The number of hydrogen-bond donors (Lipinski definition) is 0. The zero-order valence-electron chi connectivity index (χ0n) is 10.3. The van der Waals surface area contributed by atoms with Crippen molar-refractivity contribution in [2.24, 2.45) is 0 Å². The first kappa shape index (κ1) is 13.1. The number of halogens is 1. The van der Waals surface area contributed by atoms with E-state index in [1.807, 2.05) is 25.1 Å². The molecule has 1 saturated heterocycles. The van der Waals surface area contributed by atoms with Gasteiger partial charge in [0.1, 0.15) is 6.04 Å². The van der Waals surface area contributed by atoms with E-state index in [1.165, 1.54) is 0 Å². The number of hydrogen-bond acceptors (Lipinski definition) is 2. The van der Waals surface area contributed by atoms with Crippen LogP contribution in [0.25, 0.3) is 0 Å². The number of nitriles is 1. The van der Waals surface area contributed by atoms with E-state index in [0.29, 0.717) is 12.1 Å². The zero-order valence-corrected chi connectivity index (χ0v) is 11.9. The van der Waals surface area contributed by atoms with Crippen molar-refractivity contribution in [3.63, 3.8) is 0 Å². The number of rotatable bonds is 1. The standard InChI is InChI=1S/C14H15BrN2O/c1-10-5-6-11(15)8-13(10)14(18)17-7-3-2-4-12(17)9-16/h5-6,8,12H,2-4,7H2,1H3. The van der Waals surface area contributed by atoms with Crippen molar-refractivity contribution < 1.29 is 4.79 Å². The largest absolute Gasteiger partial charge is 0.323 e. The first-order valence-electron chi connectivity index (χ1n) is 6.10. The highest BCUT2D eigenvalue weighted by molar-refractivity contribution is 9.10. The second-order valence-electron chi connectivity index (χ2n) is 4.60. The smallest absolute Gasteiger partial charge is 0.255 e. The van der Waals surface area contributed by atoms with Crippen molar-refractivity contribution in [2.75, 3.05) is 6.54 Å². The van der Waals surface area contributed by atoms with Crippen LogP contribution < -0.4 is 0 Å². The Hall–Kier alpha value is -1.34. The number of carbonyl (C=O) groups excluding carboxylic acids is 1. The Balaban J connectivity index is 2.30. The molecule has 1 aliphatic rings. The predicted octanol–water partition coefficient (Wildman–Crippen LogP) is 3.28. The molecular weight excluding hydrogens is 292 g/mol. The van der Waals surface area contributed by atoms with Crippen molar-refractivity contribution in [1.29, 1.82) is 5.26 Å². The highest BCUT2D eigenvalue weighted by Gasteiger charge is 2.27. The minimum absolute atomic E-state index is 0.0277. The van der Waals surface area contributed by atoms with Crippen LogP contribution in [0.15, 0.2) is 22.7 Å². The Bertz CT molecular complexity index is 507. The van der Waals surface area contributed by atoms with Gasteiger partial charge in [-0.25, -0.2) is 0 Å². The Morgan fingerprint density at radius 2 is 2.28 bits per heavy atom. The first-order chi connectivity index (χ1) is 8.63. The van der Waals surface area contributed by atoms with Gasteiger partial charge in [-0.05, 0) is 43.9 Å². The molecule has 2 rings (SSSR count). The lowest BCUT2D eigenvalue weighted by Gasteiger charge is -2.31. The highest BCUT2D eigenvalue weighted by Crippen LogP contribution is 2.22. The van der Waals surface area contributed by atoms with Gasteiger partial charge in [-0.15, -0.1) is 0 Å². The molecule has 1 aromatic carbocycles. The van der Waals surface area contributed by atoms with Crippen molar-refractivity contribution in [3.8, 4) is 6.07 Å². The Morgan fingerprint density at radius 3 is 3.00 bits per heavy atom. The molecule has 1 unspecified atom stereocenters. The van der Waals surface area contributed by atoms with Crippen LogP contribution in [-0.4, -0.2) is 23.4 Å². The average molecular weight is 307 g/mol. The van der Waals surface area contributed by atoms with Crippen molar-refractivity contribution >= 4 is 21.8 Å². The molecule has 1 amide bonds. The third-order valence-corrected chi connectivity index (χ3v) is 3.84. The van der Waals surface area contributed by atoms with Gasteiger partial charge in [0.15, 0.2) is 0 Å². The minimum Gasteiger partial charge on any atom is -0.323 e. The normalized spacial score (nSPS) is 19.4. The van der Waals surface area contributed by atoms with E-state index in [-0.39, 0.29) is 11.9 Å². The number of likely N-dealkylation sites (tertiary alicyclic amines) is 1. The lowest BCUT2D eigenvalue weighted by Crippen LogP contribution is -2.43. The fourth-order valence-electron chi connectivity index (χ4n) is 2.29. The van der Waals surface area contributed by atoms with E-state index in [9.17, 15) is 4.79 Å². The molecule has 0 radical (unpaired) electrons. The second kappa shape index (κ2) is 5.53. The minimum atomic E-state index is -0.273. The molecule has 1 atom stereocenters. The summed E-state index contributed by atoms with van der Waals surface area (Å²) < 4.78 is 0.891. The van der Waals surface area contributed by atoms with Gasteiger partial charge >= 0.3 is 0 Å². The molecule has 1 fully saturated rings. The van der Waals surface area contributed by atoms with Crippen LogP contribution in [0.4, 0.5) is 0 Å². The number of amides is 1. The van der Waals surface area contributed by atoms with Crippen molar-refractivity contribution in [3.05, 3.63) is 33.8 Å². The maximum Gasteiger partial charge on any atom is 0.255 e. The molecule has 1 aromatic rings. The lowest BCUT2D eigenvalue weighted by molar-refractivity contribution is 0.0670. The van der Waals surface area contributed by atoms with E-state index in [2.05, 4.69) is 22.0 Å². The first-order valence-corrected chi connectivity index (χ1v) is 6.89. The van der Waals surface area contributed by atoms with Crippen LogP contribution in [0.5, 0.6) is 0 Å². The summed E-state index contributed by atoms with van der Waals surface area (Å²) in [6, 6.07) is 7.63. The van der Waals surface area contributed by atoms with E-state index < -0.39 is 0 Å². The van der Waals surface area contributed by atoms with Gasteiger partial charge in [-0.2, -0.15) is 5.26 Å². The number of benzene rings is 1. The Kier molecular flexibility index (Phi) is 4.03. The lowest BCUT2D eigenvalue weighted by atomic mass is 10.0. The fraction of sp³-hybridized carbons (Fsp3) is 0.429. The average Bonchev–Trinajstić information content (AvgIpc) is 2.40. The summed E-state index contributed by atoms with van der Waals surface area (Å²) in [6.45, 7) is 2.61. The zero-order chi connectivity index (χ0) is 13.1. The molecule has 1 aliphatic heterocycles. The van der Waals surface area contributed by atoms with E-state index in [1.54, 1.807) is 4.90 Å². The van der Waals surface area contributed by atoms with Gasteiger partial charge in [-0.1, -0.05) is 22.0 Å². The summed E-state index contributed by atoms with van der Waals surface area (Å²) in [5.74, 6) is -0.0277. The van der Waals surface area contributed by atoms with E-state index >= 15 is 0 Å². The van der Waals surface area contributed by atoms with Gasteiger partial charge < -0.3 is 4.90 Å². The van der Waals surface area contributed by atoms with Crippen LogP contribution in [0.3, 0.4) is 0 Å². The quantitative estimate of drug-likeness (QED) is 0.799. The van der Waals surface area contributed by atoms with E-state index in [4.69, 9.17) is 5.26 Å². The van der Waals surface area contributed by atoms with Gasteiger partial charge in [0.05, 0.1) is 6.07 Å². The van der Waals surface area contributed by atoms with Gasteiger partial charge in [-0.3, -0.25) is 4.79 Å². The molecule has 4 heteroatoms. The monoisotopic (exact) mass is 306 g/mol. The number of piperidine rings is 1. The van der Waals surface area contributed by atoms with Crippen molar-refractivity contribution in [1.82, 2.24) is 4.90 Å². The molecule has 0 N–H and O–H groups in total. The fourth-order valence-corrected chi connectivity index (χ4v) is 2.65. The molecule has 3 nitrogen and oxygen atoms in total. The van der Waals surface area contributed by atoms with E-state index in [0.717, 1.165) is 29.3 Å². The molecule has 0 saturated carbocycles. The molecule has 1 heterocycles. The number of nitrogens with zero attached hydrogens (tertiary/aromatic N) is 2.